The first-order chi connectivity index (χ1) is 36.0. The maximum atomic E-state index is 12.8. The van der Waals surface area contributed by atoms with Crippen LogP contribution in [-0.4, -0.2) is 37.2 Å². The summed E-state index contributed by atoms with van der Waals surface area (Å²) in [4.78, 5) is 38.1. The van der Waals surface area contributed by atoms with Gasteiger partial charge in [-0.3, -0.25) is 14.4 Å². The molecule has 1 unspecified atom stereocenters. The van der Waals surface area contributed by atoms with Crippen molar-refractivity contribution >= 4 is 17.9 Å². The number of unbranched alkanes of at least 4 members (excludes halogenated alkanes) is 13. The van der Waals surface area contributed by atoms with Crippen LogP contribution >= 0.6 is 0 Å². The number of carbonyl (C=O) groups excluding carboxylic acids is 3. The Morgan fingerprint density at radius 1 is 0.288 bits per heavy atom. The summed E-state index contributed by atoms with van der Waals surface area (Å²) in [7, 11) is 0. The fraction of sp³-hybridized carbons (Fsp3) is 0.567. The van der Waals surface area contributed by atoms with Gasteiger partial charge in [0.15, 0.2) is 6.10 Å². The van der Waals surface area contributed by atoms with Crippen molar-refractivity contribution in [3.8, 4) is 0 Å². The second kappa shape index (κ2) is 59.6. The quantitative estimate of drug-likeness (QED) is 0.0261. The summed E-state index contributed by atoms with van der Waals surface area (Å²) < 4.78 is 16.8. The lowest BCUT2D eigenvalue weighted by Crippen LogP contribution is -2.30. The number of hydrogen-bond acceptors (Lipinski definition) is 6. The molecule has 0 saturated carbocycles. The van der Waals surface area contributed by atoms with Gasteiger partial charge in [0.2, 0.25) is 0 Å². The van der Waals surface area contributed by atoms with Crippen LogP contribution in [0.4, 0.5) is 0 Å². The minimum atomic E-state index is -0.828. The van der Waals surface area contributed by atoms with Gasteiger partial charge in [0.25, 0.3) is 0 Å². The van der Waals surface area contributed by atoms with Crippen LogP contribution < -0.4 is 0 Å². The Kier molecular flexibility index (Phi) is 55.5. The van der Waals surface area contributed by atoms with Crippen molar-refractivity contribution in [2.24, 2.45) is 0 Å². The summed E-state index contributed by atoms with van der Waals surface area (Å²) in [6, 6.07) is 0. The van der Waals surface area contributed by atoms with Crippen molar-refractivity contribution in [1.29, 1.82) is 0 Å². The number of allylic oxidation sites excluding steroid dienone is 26. The van der Waals surface area contributed by atoms with Crippen LogP contribution in [0.3, 0.4) is 0 Å². The average molecular weight is 1010 g/mol. The van der Waals surface area contributed by atoms with Crippen LogP contribution in [0.2, 0.25) is 0 Å². The van der Waals surface area contributed by atoms with Crippen molar-refractivity contribution in [2.45, 2.75) is 232 Å². The Hall–Kier alpha value is -4.97. The molecule has 0 aliphatic carbocycles. The maximum absolute atomic E-state index is 12.8. The fourth-order valence-corrected chi connectivity index (χ4v) is 7.22. The van der Waals surface area contributed by atoms with E-state index in [9.17, 15) is 14.4 Å². The normalized spacial score (nSPS) is 13.3. The smallest absolute Gasteiger partial charge is 0.306 e. The Balaban J connectivity index is 4.49. The molecule has 0 N–H and O–H groups in total. The predicted octanol–water partition coefficient (Wildman–Crippen LogP) is 19.8. The van der Waals surface area contributed by atoms with Crippen molar-refractivity contribution in [3.05, 3.63) is 158 Å². The van der Waals surface area contributed by atoms with Crippen molar-refractivity contribution in [3.63, 3.8) is 0 Å². The molecule has 408 valence electrons. The molecule has 0 radical (unpaired) electrons. The van der Waals surface area contributed by atoms with Gasteiger partial charge in [-0.2, -0.15) is 0 Å². The molecule has 0 aromatic rings. The highest BCUT2D eigenvalue weighted by atomic mass is 16.6. The van der Waals surface area contributed by atoms with E-state index < -0.39 is 6.10 Å². The third kappa shape index (κ3) is 57.8. The van der Waals surface area contributed by atoms with E-state index in [0.717, 1.165) is 161 Å². The van der Waals surface area contributed by atoms with E-state index in [-0.39, 0.29) is 37.5 Å². The SMILES string of the molecule is CC/C=C\C/C=C\C/C=C\C/C=C\C/C=C\C/C=C\CCCCCCCCC(=O)OCC(COC(=O)CCCCCCC/C=C\C/C=C\CCC)OC(=O)CCC/C=C\C/C=C\C/C=C\C/C=C\C/C=C\CC. The first kappa shape index (κ1) is 68.0. The highest BCUT2D eigenvalue weighted by Gasteiger charge is 2.19. The highest BCUT2D eigenvalue weighted by Crippen LogP contribution is 2.13. The van der Waals surface area contributed by atoms with Crippen molar-refractivity contribution in [1.82, 2.24) is 0 Å². The molecular weight excluding hydrogens is 901 g/mol. The lowest BCUT2D eigenvalue weighted by molar-refractivity contribution is -0.167. The molecule has 0 rings (SSSR count). The van der Waals surface area contributed by atoms with Crippen LogP contribution in [0.1, 0.15) is 226 Å². The standard InChI is InChI=1S/C67H104O6/c1-4-7-10-13-16-19-22-25-27-29-30-31-32-33-34-35-36-38-39-42-45-48-51-54-57-60-66(69)72-63-64(62-71-65(68)59-56-53-50-47-44-41-24-21-18-15-12-9-6-3)73-67(70)61-58-55-52-49-46-43-40-37-28-26-23-20-17-14-11-8-5-2/h7-8,10-12,15-17,19-21,24-28,30-31,33-34,36,38,40,43,49,52,64H,4-6,9,13-14,18,22-23,29,32,35,37,39,41-42,44-48,50-51,53-63H2,1-3H3/b10-7-,11-8-,15-12-,19-16-,20-17-,24-21-,27-25-,28-26-,31-30-,34-33-,38-36-,43-40-,52-49-. The molecule has 0 spiro atoms. The first-order valence-corrected chi connectivity index (χ1v) is 29.0. The molecule has 0 fully saturated rings. The fourth-order valence-electron chi connectivity index (χ4n) is 7.22. The molecule has 0 amide bonds. The molecule has 0 aliphatic heterocycles. The van der Waals surface area contributed by atoms with Gasteiger partial charge in [-0.05, 0) is 135 Å². The second-order valence-electron chi connectivity index (χ2n) is 18.4. The summed E-state index contributed by atoms with van der Waals surface area (Å²) in [6.07, 6.45) is 86.7. The topological polar surface area (TPSA) is 78.9 Å². The van der Waals surface area contributed by atoms with Crippen molar-refractivity contribution in [2.75, 3.05) is 13.2 Å². The number of rotatable bonds is 50. The maximum Gasteiger partial charge on any atom is 0.306 e. The lowest BCUT2D eigenvalue weighted by atomic mass is 10.1. The van der Waals surface area contributed by atoms with E-state index in [0.29, 0.717) is 19.3 Å². The molecule has 0 heterocycles. The lowest BCUT2D eigenvalue weighted by Gasteiger charge is -2.18. The Morgan fingerprint density at radius 2 is 0.548 bits per heavy atom. The zero-order valence-corrected chi connectivity index (χ0v) is 46.6. The van der Waals surface area contributed by atoms with E-state index in [1.165, 1.54) is 19.3 Å². The number of hydrogen-bond donors (Lipinski definition) is 0. The van der Waals surface area contributed by atoms with Gasteiger partial charge in [-0.25, -0.2) is 0 Å². The largest absolute Gasteiger partial charge is 0.462 e. The summed E-state index contributed by atoms with van der Waals surface area (Å²) in [5.41, 5.74) is 0. The minimum absolute atomic E-state index is 0.120. The highest BCUT2D eigenvalue weighted by molar-refractivity contribution is 5.71. The van der Waals surface area contributed by atoms with Crippen molar-refractivity contribution < 1.29 is 28.6 Å². The van der Waals surface area contributed by atoms with Crippen LogP contribution in [0.5, 0.6) is 0 Å². The molecular formula is C67H104O6. The van der Waals surface area contributed by atoms with E-state index in [4.69, 9.17) is 14.2 Å². The monoisotopic (exact) mass is 1000 g/mol. The predicted molar refractivity (Wildman–Crippen MR) is 315 cm³/mol. The van der Waals surface area contributed by atoms with Gasteiger partial charge in [0.1, 0.15) is 13.2 Å². The molecule has 6 heteroatoms. The summed E-state index contributed by atoms with van der Waals surface area (Å²) in [5.74, 6) is -1.02. The molecule has 0 aromatic carbocycles. The Labute approximate surface area is 448 Å². The molecule has 0 saturated heterocycles. The van der Waals surface area contributed by atoms with Gasteiger partial charge in [0, 0.05) is 19.3 Å². The number of esters is 3. The third-order valence-corrected chi connectivity index (χ3v) is 11.5. The van der Waals surface area contributed by atoms with Gasteiger partial charge < -0.3 is 14.2 Å². The van der Waals surface area contributed by atoms with E-state index in [1.807, 2.05) is 0 Å². The average Bonchev–Trinajstić information content (AvgIpc) is 3.39. The van der Waals surface area contributed by atoms with Gasteiger partial charge in [-0.15, -0.1) is 0 Å². The molecule has 0 aromatic heterocycles. The Morgan fingerprint density at radius 3 is 0.877 bits per heavy atom. The van der Waals surface area contributed by atoms with Gasteiger partial charge in [0.05, 0.1) is 0 Å². The van der Waals surface area contributed by atoms with E-state index in [1.54, 1.807) is 0 Å². The third-order valence-electron chi connectivity index (χ3n) is 11.5. The summed E-state index contributed by atoms with van der Waals surface area (Å²) in [6.45, 7) is 6.26. The summed E-state index contributed by atoms with van der Waals surface area (Å²) in [5, 5.41) is 0. The molecule has 0 aliphatic rings. The van der Waals surface area contributed by atoms with E-state index >= 15 is 0 Å². The Bertz CT molecular complexity index is 1670. The second-order valence-corrected chi connectivity index (χ2v) is 18.4. The van der Waals surface area contributed by atoms with E-state index in [2.05, 4.69) is 179 Å². The number of carbonyl (C=O) groups is 3. The molecule has 6 nitrogen and oxygen atoms in total. The zero-order valence-electron chi connectivity index (χ0n) is 46.6. The van der Waals surface area contributed by atoms with Crippen LogP contribution in [0.15, 0.2) is 158 Å². The van der Waals surface area contributed by atoms with Gasteiger partial charge >= 0.3 is 17.9 Å². The molecule has 1 atom stereocenters. The van der Waals surface area contributed by atoms with Gasteiger partial charge in [-0.1, -0.05) is 230 Å². The number of ether oxygens (including phenoxy) is 3. The zero-order chi connectivity index (χ0) is 52.9. The van der Waals surface area contributed by atoms with Crippen LogP contribution in [0, 0.1) is 0 Å². The summed E-state index contributed by atoms with van der Waals surface area (Å²) >= 11 is 0. The minimum Gasteiger partial charge on any atom is -0.462 e. The first-order valence-electron chi connectivity index (χ1n) is 29.0. The van der Waals surface area contributed by atoms with Crippen LogP contribution in [-0.2, 0) is 28.6 Å². The van der Waals surface area contributed by atoms with Crippen LogP contribution in [0.25, 0.3) is 0 Å². The molecule has 0 bridgehead atoms. The molecule has 73 heavy (non-hydrogen) atoms.